The van der Waals surface area contributed by atoms with E-state index >= 15 is 0 Å². The largest absolute Gasteiger partial charge is 0.417 e. The molecular weight excluding hydrogens is 456 g/mol. The van der Waals surface area contributed by atoms with Crippen LogP contribution in [0.1, 0.15) is 31.2 Å². The number of hydrogen-bond acceptors (Lipinski definition) is 5. The van der Waals surface area contributed by atoms with Crippen molar-refractivity contribution in [3.63, 3.8) is 0 Å². The van der Waals surface area contributed by atoms with Gasteiger partial charge in [-0.05, 0) is 37.7 Å². The Morgan fingerprint density at radius 1 is 1.26 bits per heavy atom. The highest BCUT2D eigenvalue weighted by atomic mass is 19.4. The van der Waals surface area contributed by atoms with Gasteiger partial charge in [0.15, 0.2) is 11.5 Å². The molecule has 180 valence electrons. The van der Waals surface area contributed by atoms with Gasteiger partial charge in [0.2, 0.25) is 5.91 Å². The molecule has 1 aliphatic carbocycles. The fraction of sp³-hybridized carbons (Fsp3) is 0.455. The van der Waals surface area contributed by atoms with E-state index in [1.54, 1.807) is 6.20 Å². The molecule has 8 nitrogen and oxygen atoms in total. The highest BCUT2D eigenvalue weighted by molar-refractivity contribution is 5.97. The third-order valence-electron chi connectivity index (χ3n) is 6.92. The summed E-state index contributed by atoms with van der Waals surface area (Å²) >= 11 is 0. The molecule has 1 saturated carbocycles. The molecule has 2 N–H and O–H groups in total. The summed E-state index contributed by atoms with van der Waals surface area (Å²) in [5.74, 6) is -0.336. The minimum absolute atomic E-state index is 0.0130. The average Bonchev–Trinajstić information content (AvgIpc) is 3.54. The fourth-order valence-electron chi connectivity index (χ4n) is 4.82. The zero-order valence-corrected chi connectivity index (χ0v) is 18.2. The first kappa shape index (κ1) is 22.4. The normalized spacial score (nSPS) is 18.3. The lowest BCUT2D eigenvalue weighted by molar-refractivity contribution is -0.138. The van der Waals surface area contributed by atoms with Gasteiger partial charge in [-0.25, -0.2) is 14.4 Å². The molecule has 1 aliphatic heterocycles. The van der Waals surface area contributed by atoms with E-state index < -0.39 is 34.4 Å². The van der Waals surface area contributed by atoms with Gasteiger partial charge in [0.05, 0.1) is 17.2 Å². The van der Waals surface area contributed by atoms with Gasteiger partial charge >= 0.3 is 6.18 Å². The molecule has 2 aliphatic rings. The van der Waals surface area contributed by atoms with Crippen molar-refractivity contribution in [1.29, 1.82) is 0 Å². The van der Waals surface area contributed by atoms with Gasteiger partial charge in [-0.3, -0.25) is 9.59 Å². The van der Waals surface area contributed by atoms with Crippen LogP contribution < -0.4 is 15.8 Å². The SMILES string of the molecule is Cn1cc(C(F)(F)F)cc(NC(=O)C2(C3CCN(c4cnc5[nH]cc(F)c5n4)CC3)CC2)c1=O. The van der Waals surface area contributed by atoms with Gasteiger partial charge in [0, 0.05) is 32.5 Å². The Bertz CT molecular complexity index is 1320. The number of pyridine rings is 1. The third-order valence-corrected chi connectivity index (χ3v) is 6.92. The molecule has 0 aromatic carbocycles. The lowest BCUT2D eigenvalue weighted by Crippen LogP contribution is -2.41. The number of H-pyrrole nitrogens is 1. The van der Waals surface area contributed by atoms with E-state index in [0.29, 0.717) is 62.5 Å². The highest BCUT2D eigenvalue weighted by Crippen LogP contribution is 2.56. The second-order valence-electron chi connectivity index (χ2n) is 8.99. The zero-order valence-electron chi connectivity index (χ0n) is 18.2. The summed E-state index contributed by atoms with van der Waals surface area (Å²) in [6.07, 6.45) is 1.39. The molecule has 0 radical (unpaired) electrons. The Morgan fingerprint density at radius 3 is 2.62 bits per heavy atom. The Kier molecular flexibility index (Phi) is 5.14. The molecule has 1 amide bonds. The lowest BCUT2D eigenvalue weighted by Gasteiger charge is -2.36. The summed E-state index contributed by atoms with van der Waals surface area (Å²) in [6.45, 7) is 1.16. The predicted molar refractivity (Wildman–Crippen MR) is 116 cm³/mol. The molecular formula is C22H22F4N6O2. The van der Waals surface area contributed by atoms with E-state index in [2.05, 4.69) is 20.3 Å². The molecule has 2 fully saturated rings. The van der Waals surface area contributed by atoms with Gasteiger partial charge in [-0.2, -0.15) is 13.2 Å². The molecule has 0 spiro atoms. The topological polar surface area (TPSA) is 95.9 Å². The molecule has 5 rings (SSSR count). The molecule has 3 aromatic rings. The molecule has 0 unspecified atom stereocenters. The Labute approximate surface area is 191 Å². The number of fused-ring (bicyclic) bond motifs is 1. The summed E-state index contributed by atoms with van der Waals surface area (Å²) in [4.78, 5) is 38.7. The summed E-state index contributed by atoms with van der Waals surface area (Å²) in [6, 6.07) is 0.688. The summed E-state index contributed by atoms with van der Waals surface area (Å²) < 4.78 is 54.1. The Hall–Kier alpha value is -3.44. The van der Waals surface area contributed by atoms with Crippen molar-refractivity contribution in [3.05, 3.63) is 46.4 Å². The number of aromatic amines is 1. The van der Waals surface area contributed by atoms with Crippen LogP contribution in [-0.2, 0) is 18.0 Å². The molecule has 4 heterocycles. The van der Waals surface area contributed by atoms with E-state index in [9.17, 15) is 27.2 Å². The van der Waals surface area contributed by atoms with Gasteiger partial charge in [0.25, 0.3) is 5.56 Å². The maximum atomic E-state index is 13.8. The second-order valence-corrected chi connectivity index (χ2v) is 8.99. The molecule has 0 bridgehead atoms. The van der Waals surface area contributed by atoms with Crippen molar-refractivity contribution in [3.8, 4) is 0 Å². The van der Waals surface area contributed by atoms with Crippen LogP contribution in [0.3, 0.4) is 0 Å². The quantitative estimate of drug-likeness (QED) is 0.560. The van der Waals surface area contributed by atoms with Crippen LogP contribution >= 0.6 is 0 Å². The van der Waals surface area contributed by atoms with E-state index in [-0.39, 0.29) is 17.1 Å². The Balaban J connectivity index is 1.29. The van der Waals surface area contributed by atoms with Crippen LogP contribution in [0.4, 0.5) is 29.1 Å². The van der Waals surface area contributed by atoms with Crippen molar-refractivity contribution in [2.24, 2.45) is 18.4 Å². The van der Waals surface area contributed by atoms with Crippen LogP contribution in [0, 0.1) is 17.2 Å². The molecule has 0 atom stereocenters. The first-order chi connectivity index (χ1) is 16.1. The maximum Gasteiger partial charge on any atom is 0.417 e. The van der Waals surface area contributed by atoms with Crippen molar-refractivity contribution in [2.75, 3.05) is 23.3 Å². The second kappa shape index (κ2) is 7.81. The molecule has 1 saturated heterocycles. The van der Waals surface area contributed by atoms with Gasteiger partial charge in [-0.15, -0.1) is 0 Å². The standard InChI is InChI=1S/C22H22F4N6O2/c1-31-11-13(22(24,25)26)8-15(19(31)33)29-20(34)21(4-5-21)12-2-6-32(7-3-12)16-10-28-18-17(30-16)14(23)9-27-18/h8-12H,2-7H2,1H3,(H,27,28)(H,29,34). The van der Waals surface area contributed by atoms with Gasteiger partial charge in [0.1, 0.15) is 17.0 Å². The Morgan fingerprint density at radius 2 is 1.97 bits per heavy atom. The van der Waals surface area contributed by atoms with E-state index in [0.717, 1.165) is 4.57 Å². The van der Waals surface area contributed by atoms with Crippen LogP contribution in [0.25, 0.3) is 11.2 Å². The minimum atomic E-state index is -4.63. The van der Waals surface area contributed by atoms with Crippen LogP contribution in [0.2, 0.25) is 0 Å². The van der Waals surface area contributed by atoms with Gasteiger partial charge in [-0.1, -0.05) is 0 Å². The maximum absolute atomic E-state index is 13.8. The number of amides is 1. The van der Waals surface area contributed by atoms with Crippen molar-refractivity contribution < 1.29 is 22.4 Å². The average molecular weight is 478 g/mol. The smallest absolute Gasteiger partial charge is 0.355 e. The number of anilines is 2. The number of carbonyl (C=O) groups excluding carboxylic acids is 1. The van der Waals surface area contributed by atoms with Crippen LogP contribution in [-0.4, -0.2) is 38.5 Å². The van der Waals surface area contributed by atoms with Crippen LogP contribution in [0.5, 0.6) is 0 Å². The van der Waals surface area contributed by atoms with Gasteiger partial charge < -0.3 is 19.8 Å². The van der Waals surface area contributed by atoms with E-state index in [1.807, 2.05) is 4.90 Å². The van der Waals surface area contributed by atoms with Crippen molar-refractivity contribution in [1.82, 2.24) is 19.5 Å². The molecule has 12 heteroatoms. The first-order valence-corrected chi connectivity index (χ1v) is 10.9. The van der Waals surface area contributed by atoms with E-state index in [4.69, 9.17) is 0 Å². The number of alkyl halides is 3. The minimum Gasteiger partial charge on any atom is -0.355 e. The highest BCUT2D eigenvalue weighted by Gasteiger charge is 2.55. The monoisotopic (exact) mass is 478 g/mol. The van der Waals surface area contributed by atoms with Crippen molar-refractivity contribution >= 4 is 28.6 Å². The van der Waals surface area contributed by atoms with Crippen LogP contribution in [0.15, 0.2) is 29.5 Å². The predicted octanol–water partition coefficient (Wildman–Crippen LogP) is 3.45. The number of rotatable bonds is 4. The summed E-state index contributed by atoms with van der Waals surface area (Å²) in [5.41, 5.74) is -2.24. The number of nitrogens with one attached hydrogen (secondary N) is 2. The molecule has 3 aromatic heterocycles. The number of nitrogens with zero attached hydrogens (tertiary/aromatic N) is 4. The first-order valence-electron chi connectivity index (χ1n) is 10.9. The van der Waals surface area contributed by atoms with E-state index in [1.165, 1.54) is 13.2 Å². The lowest BCUT2D eigenvalue weighted by atomic mass is 9.80. The number of aromatic nitrogens is 4. The number of halogens is 4. The molecule has 34 heavy (non-hydrogen) atoms. The number of hydrogen-bond donors (Lipinski definition) is 2. The zero-order chi connectivity index (χ0) is 24.3. The summed E-state index contributed by atoms with van der Waals surface area (Å²) in [5, 5.41) is 2.48. The summed E-state index contributed by atoms with van der Waals surface area (Å²) in [7, 11) is 1.22. The number of aryl methyl sites for hydroxylation is 1. The van der Waals surface area contributed by atoms with Crippen molar-refractivity contribution in [2.45, 2.75) is 31.9 Å². The third kappa shape index (κ3) is 3.80. The number of carbonyl (C=O) groups is 1. The fourth-order valence-corrected chi connectivity index (χ4v) is 4.82. The number of piperidine rings is 1.